The van der Waals surface area contributed by atoms with Gasteiger partial charge in [-0.25, -0.2) is 18.0 Å². The highest BCUT2D eigenvalue weighted by molar-refractivity contribution is 7.91. The Hall–Kier alpha value is -3.59. The third-order valence-corrected chi connectivity index (χ3v) is 5.13. The van der Waals surface area contributed by atoms with E-state index in [4.69, 9.17) is 18.9 Å². The van der Waals surface area contributed by atoms with Crippen molar-refractivity contribution in [2.45, 2.75) is 9.79 Å². The third-order valence-electron chi connectivity index (χ3n) is 3.30. The van der Waals surface area contributed by atoms with Crippen molar-refractivity contribution in [3.63, 3.8) is 0 Å². The Morgan fingerprint density at radius 3 is 1.52 bits per heavy atom. The molecule has 0 radical (unpaired) electrons. The molecule has 0 unspecified atom stereocenters. The van der Waals surface area contributed by atoms with Crippen molar-refractivity contribution in [3.05, 3.63) is 73.8 Å². The van der Waals surface area contributed by atoms with Gasteiger partial charge in [0.2, 0.25) is 9.84 Å². The molecule has 9 heteroatoms. The van der Waals surface area contributed by atoms with Crippen LogP contribution in [0.1, 0.15) is 0 Å². The van der Waals surface area contributed by atoms with Crippen LogP contribution in [-0.2, 0) is 19.3 Å². The van der Waals surface area contributed by atoms with E-state index in [0.29, 0.717) is 0 Å². The van der Waals surface area contributed by atoms with Crippen LogP contribution in [0.25, 0.3) is 0 Å². The second kappa shape index (κ2) is 10.1. The van der Waals surface area contributed by atoms with Crippen molar-refractivity contribution in [1.82, 2.24) is 0 Å². The summed E-state index contributed by atoms with van der Waals surface area (Å²) in [4.78, 5) is 22.8. The van der Waals surface area contributed by atoms with Gasteiger partial charge in [-0.2, -0.15) is 0 Å². The predicted octanol–water partition coefficient (Wildman–Crippen LogP) is 3.92. The van der Waals surface area contributed by atoms with Crippen LogP contribution in [0.2, 0.25) is 0 Å². The molecule has 2 rings (SSSR count). The molecule has 8 nitrogen and oxygen atoms in total. The van der Waals surface area contributed by atoms with Gasteiger partial charge in [-0.3, -0.25) is 0 Å². The van der Waals surface area contributed by atoms with Crippen molar-refractivity contribution in [2.24, 2.45) is 0 Å². The maximum absolute atomic E-state index is 13.2. The SMILES string of the molecule is C=CCOC(=O)Oc1ccccc1S(=O)(=O)c1ccccc1OC(=O)OCC=C. The minimum atomic E-state index is -4.24. The molecule has 0 spiro atoms. The third kappa shape index (κ3) is 5.69. The average Bonchev–Trinajstić information content (AvgIpc) is 2.71. The van der Waals surface area contributed by atoms with Crippen LogP contribution in [0.4, 0.5) is 9.59 Å². The van der Waals surface area contributed by atoms with Gasteiger partial charge < -0.3 is 18.9 Å². The fraction of sp³-hybridized carbons (Fsp3) is 0.100. The summed E-state index contributed by atoms with van der Waals surface area (Å²) in [6, 6.07) is 11.0. The average molecular weight is 418 g/mol. The molecule has 2 aromatic rings. The van der Waals surface area contributed by atoms with E-state index in [2.05, 4.69) is 13.2 Å². The molecule has 0 amide bonds. The van der Waals surface area contributed by atoms with E-state index in [-0.39, 0.29) is 34.5 Å². The Balaban J connectivity index is 2.39. The molecule has 0 N–H and O–H groups in total. The van der Waals surface area contributed by atoms with Crippen LogP contribution < -0.4 is 9.47 Å². The van der Waals surface area contributed by atoms with E-state index in [1.807, 2.05) is 0 Å². The summed E-state index contributed by atoms with van der Waals surface area (Å²) in [5.41, 5.74) is 0. The van der Waals surface area contributed by atoms with Crippen LogP contribution in [0, 0.1) is 0 Å². The first kappa shape index (κ1) is 21.7. The number of hydrogen-bond acceptors (Lipinski definition) is 8. The predicted molar refractivity (Wildman–Crippen MR) is 103 cm³/mol. The Kier molecular flexibility index (Phi) is 7.55. The van der Waals surface area contributed by atoms with Gasteiger partial charge >= 0.3 is 12.3 Å². The van der Waals surface area contributed by atoms with Gasteiger partial charge in [0.15, 0.2) is 11.5 Å². The molecule has 0 fully saturated rings. The fourth-order valence-corrected chi connectivity index (χ4v) is 3.63. The first-order valence-corrected chi connectivity index (χ1v) is 9.72. The number of benzene rings is 2. The van der Waals surface area contributed by atoms with Crippen molar-refractivity contribution in [1.29, 1.82) is 0 Å². The van der Waals surface area contributed by atoms with Crippen molar-refractivity contribution < 1.29 is 37.0 Å². The lowest BCUT2D eigenvalue weighted by Crippen LogP contribution is -2.15. The fourth-order valence-electron chi connectivity index (χ4n) is 2.12. The first-order valence-electron chi connectivity index (χ1n) is 8.24. The molecule has 0 atom stereocenters. The van der Waals surface area contributed by atoms with Gasteiger partial charge in [0.05, 0.1) is 0 Å². The standard InChI is InChI=1S/C20H18O8S/c1-3-13-25-19(21)27-15-9-5-7-11-17(15)29(23,24)18-12-8-6-10-16(18)28-20(22)26-14-4-2/h3-12H,1-2,13-14H2. The summed E-state index contributed by atoms with van der Waals surface area (Å²) < 4.78 is 45.8. The smallest absolute Gasteiger partial charge is 0.430 e. The second-order valence-electron chi connectivity index (χ2n) is 5.30. The zero-order valence-electron chi connectivity index (χ0n) is 15.3. The van der Waals surface area contributed by atoms with E-state index in [0.717, 1.165) is 0 Å². The molecule has 2 aromatic carbocycles. The maximum Gasteiger partial charge on any atom is 0.514 e. The Morgan fingerprint density at radius 2 is 1.14 bits per heavy atom. The van der Waals surface area contributed by atoms with Crippen LogP contribution in [-0.4, -0.2) is 33.9 Å². The Morgan fingerprint density at radius 1 is 0.759 bits per heavy atom. The highest BCUT2D eigenvalue weighted by Gasteiger charge is 2.27. The Bertz CT molecular complexity index is 935. The molecule has 0 aliphatic carbocycles. The molecule has 0 heterocycles. The molecule has 0 saturated carbocycles. The molecule has 29 heavy (non-hydrogen) atoms. The summed E-state index contributed by atoms with van der Waals surface area (Å²) in [6.45, 7) is 6.60. The summed E-state index contributed by atoms with van der Waals surface area (Å²) in [5.74, 6) is -0.490. The summed E-state index contributed by atoms with van der Waals surface area (Å²) in [7, 11) is -4.24. The molecule has 0 aliphatic rings. The normalized spacial score (nSPS) is 10.5. The van der Waals surface area contributed by atoms with Gasteiger partial charge in [-0.1, -0.05) is 49.6 Å². The summed E-state index contributed by atoms with van der Waals surface area (Å²) in [5, 5.41) is 0. The highest BCUT2D eigenvalue weighted by atomic mass is 32.2. The van der Waals surface area contributed by atoms with Crippen molar-refractivity contribution >= 4 is 22.1 Å². The van der Waals surface area contributed by atoms with Crippen molar-refractivity contribution in [2.75, 3.05) is 13.2 Å². The van der Waals surface area contributed by atoms with E-state index < -0.39 is 22.1 Å². The topological polar surface area (TPSA) is 105 Å². The van der Waals surface area contributed by atoms with Gasteiger partial charge in [-0.05, 0) is 24.3 Å². The van der Waals surface area contributed by atoms with Gasteiger partial charge in [0, 0.05) is 0 Å². The minimum Gasteiger partial charge on any atom is -0.430 e. The molecule has 152 valence electrons. The number of sulfone groups is 1. The molecule has 0 aliphatic heterocycles. The number of hydrogen-bond donors (Lipinski definition) is 0. The Labute approximate surface area is 167 Å². The van der Waals surface area contributed by atoms with E-state index in [9.17, 15) is 18.0 Å². The number of carbonyl (C=O) groups is 2. The molecule has 0 saturated heterocycles. The van der Waals surface area contributed by atoms with Gasteiger partial charge in [0.1, 0.15) is 23.0 Å². The quantitative estimate of drug-likeness (QED) is 0.361. The summed E-state index contributed by atoms with van der Waals surface area (Å²) in [6.07, 6.45) is 0.487. The summed E-state index contributed by atoms with van der Waals surface area (Å²) >= 11 is 0. The van der Waals surface area contributed by atoms with Gasteiger partial charge in [-0.15, -0.1) is 0 Å². The highest BCUT2D eigenvalue weighted by Crippen LogP contribution is 2.34. The largest absolute Gasteiger partial charge is 0.514 e. The van der Waals surface area contributed by atoms with Gasteiger partial charge in [0.25, 0.3) is 0 Å². The van der Waals surface area contributed by atoms with E-state index in [1.54, 1.807) is 0 Å². The lowest BCUT2D eigenvalue weighted by molar-refractivity contribution is 0.108. The molecular formula is C20H18O8S. The number of carbonyl (C=O) groups excluding carboxylic acids is 2. The van der Waals surface area contributed by atoms with Crippen molar-refractivity contribution in [3.8, 4) is 11.5 Å². The lowest BCUT2D eigenvalue weighted by atomic mass is 10.3. The van der Waals surface area contributed by atoms with E-state index >= 15 is 0 Å². The zero-order valence-corrected chi connectivity index (χ0v) is 16.1. The lowest BCUT2D eigenvalue weighted by Gasteiger charge is -2.13. The number of rotatable bonds is 8. The number of ether oxygens (including phenoxy) is 4. The zero-order chi connectivity index (χ0) is 21.3. The number of para-hydroxylation sites is 2. The van der Waals surface area contributed by atoms with Crippen LogP contribution in [0.5, 0.6) is 11.5 Å². The monoisotopic (exact) mass is 418 g/mol. The van der Waals surface area contributed by atoms with Crippen LogP contribution in [0.15, 0.2) is 83.6 Å². The maximum atomic E-state index is 13.2. The molecule has 0 bridgehead atoms. The van der Waals surface area contributed by atoms with Crippen LogP contribution >= 0.6 is 0 Å². The second-order valence-corrected chi connectivity index (χ2v) is 7.19. The molecule has 0 aromatic heterocycles. The van der Waals surface area contributed by atoms with E-state index in [1.165, 1.54) is 60.7 Å². The van der Waals surface area contributed by atoms with Crippen LogP contribution in [0.3, 0.4) is 0 Å². The molecular weight excluding hydrogens is 400 g/mol. The minimum absolute atomic E-state index is 0.1000. The first-order chi connectivity index (χ1) is 13.9.